The van der Waals surface area contributed by atoms with E-state index in [1.54, 1.807) is 47.2 Å². The summed E-state index contributed by atoms with van der Waals surface area (Å²) in [4.78, 5) is 9.11. The second-order valence-corrected chi connectivity index (χ2v) is 6.96. The lowest BCUT2D eigenvalue weighted by Gasteiger charge is -2.26. The quantitative estimate of drug-likeness (QED) is 0.453. The molecule has 30 heavy (non-hydrogen) atoms. The summed E-state index contributed by atoms with van der Waals surface area (Å²) in [5.74, 6) is 1.76. The average molecular weight is 398 g/mol. The summed E-state index contributed by atoms with van der Waals surface area (Å²) in [6.45, 7) is 0. The van der Waals surface area contributed by atoms with Crippen molar-refractivity contribution >= 4 is 5.65 Å². The van der Waals surface area contributed by atoms with Gasteiger partial charge in [0.25, 0.3) is 0 Å². The Morgan fingerprint density at radius 2 is 1.90 bits per heavy atom. The highest BCUT2D eigenvalue weighted by atomic mass is 16.5. The molecule has 0 bridgehead atoms. The van der Waals surface area contributed by atoms with E-state index in [2.05, 4.69) is 15.1 Å². The lowest BCUT2D eigenvalue weighted by molar-refractivity contribution is 0.409. The van der Waals surface area contributed by atoms with Gasteiger partial charge in [-0.3, -0.25) is 0 Å². The number of furan rings is 1. The third-order valence-electron chi connectivity index (χ3n) is 5.16. The summed E-state index contributed by atoms with van der Waals surface area (Å²) in [5.41, 5.74) is 2.57. The molecule has 0 radical (unpaired) electrons. The molecule has 0 saturated heterocycles. The number of ether oxygens (including phenoxy) is 1. The molecule has 4 heterocycles. The molecule has 146 valence electrons. The standard InChI is InChI=1S/C22H14N4O4/c27-12-7-8-14-17(10-12)30-22-19(18(14)16-6-3-9-29-16)21-24-20(25-26(21)11-23-22)13-4-1-2-5-15(13)28/h1-11,18,27-28H/t18-/m0/s1. The Morgan fingerprint density at radius 1 is 1.00 bits per heavy atom. The maximum absolute atomic E-state index is 10.2. The van der Waals surface area contributed by atoms with Gasteiger partial charge in [-0.2, -0.15) is 0 Å². The van der Waals surface area contributed by atoms with Crippen LogP contribution in [-0.2, 0) is 0 Å². The van der Waals surface area contributed by atoms with Gasteiger partial charge < -0.3 is 19.4 Å². The molecule has 8 nitrogen and oxygen atoms in total. The van der Waals surface area contributed by atoms with Crippen molar-refractivity contribution in [2.75, 3.05) is 0 Å². The maximum Gasteiger partial charge on any atom is 0.228 e. The number of aromatic nitrogens is 4. The molecule has 0 saturated carbocycles. The molecular weight excluding hydrogens is 384 g/mol. The number of phenols is 2. The van der Waals surface area contributed by atoms with Crippen LogP contribution in [0.15, 0.2) is 71.6 Å². The van der Waals surface area contributed by atoms with Crippen molar-refractivity contribution in [2.24, 2.45) is 0 Å². The zero-order chi connectivity index (χ0) is 20.2. The molecule has 5 aromatic rings. The lowest BCUT2D eigenvalue weighted by Crippen LogP contribution is -2.14. The number of rotatable bonds is 2. The molecule has 1 atom stereocenters. The molecule has 3 aromatic heterocycles. The van der Waals surface area contributed by atoms with Crippen LogP contribution in [-0.4, -0.2) is 29.8 Å². The molecule has 6 rings (SSSR count). The summed E-state index contributed by atoms with van der Waals surface area (Å²) < 4.78 is 13.3. The number of nitrogens with zero attached hydrogens (tertiary/aromatic N) is 4. The number of hydrogen-bond acceptors (Lipinski definition) is 7. The van der Waals surface area contributed by atoms with E-state index >= 15 is 0 Å². The van der Waals surface area contributed by atoms with Crippen LogP contribution in [0, 0.1) is 0 Å². The minimum atomic E-state index is -0.350. The predicted octanol–water partition coefficient (Wildman–Crippen LogP) is 4.08. The minimum Gasteiger partial charge on any atom is -0.508 e. The fourth-order valence-corrected chi connectivity index (χ4v) is 3.83. The molecule has 1 aliphatic rings. The van der Waals surface area contributed by atoms with Crippen LogP contribution in [0.25, 0.3) is 17.0 Å². The van der Waals surface area contributed by atoms with E-state index in [1.807, 2.05) is 18.2 Å². The predicted molar refractivity (Wildman–Crippen MR) is 106 cm³/mol. The first-order chi connectivity index (χ1) is 14.7. The molecular formula is C22H14N4O4. The number of aromatic hydroxyl groups is 2. The second-order valence-electron chi connectivity index (χ2n) is 6.96. The van der Waals surface area contributed by atoms with Crippen molar-refractivity contribution in [3.8, 4) is 34.5 Å². The van der Waals surface area contributed by atoms with Crippen molar-refractivity contribution in [3.63, 3.8) is 0 Å². The highest BCUT2D eigenvalue weighted by Crippen LogP contribution is 2.48. The Bertz CT molecular complexity index is 1410. The van der Waals surface area contributed by atoms with Gasteiger partial charge in [0.15, 0.2) is 11.5 Å². The Labute approximate surface area is 169 Å². The molecule has 0 spiro atoms. The first kappa shape index (κ1) is 16.6. The number of benzene rings is 2. The van der Waals surface area contributed by atoms with E-state index in [9.17, 15) is 10.2 Å². The Morgan fingerprint density at radius 3 is 2.73 bits per heavy atom. The number of phenolic OH excluding ortho intramolecular Hbond substituents is 2. The van der Waals surface area contributed by atoms with Gasteiger partial charge in [0, 0.05) is 11.6 Å². The van der Waals surface area contributed by atoms with E-state index in [-0.39, 0.29) is 17.4 Å². The van der Waals surface area contributed by atoms with Gasteiger partial charge in [-0.25, -0.2) is 14.5 Å². The van der Waals surface area contributed by atoms with Crippen molar-refractivity contribution in [3.05, 3.63) is 84.1 Å². The minimum absolute atomic E-state index is 0.0925. The highest BCUT2D eigenvalue weighted by molar-refractivity contribution is 5.70. The summed E-state index contributed by atoms with van der Waals surface area (Å²) in [6, 6.07) is 15.5. The monoisotopic (exact) mass is 398 g/mol. The summed E-state index contributed by atoms with van der Waals surface area (Å²) in [6.07, 6.45) is 3.12. The SMILES string of the molecule is Oc1ccc2c(c1)Oc1ncn3nc(-c4ccccc4O)nc3c1[C@@H]2c1ccco1. The van der Waals surface area contributed by atoms with Gasteiger partial charge in [0.05, 0.1) is 23.3 Å². The summed E-state index contributed by atoms with van der Waals surface area (Å²) in [5, 5.41) is 24.6. The zero-order valence-electron chi connectivity index (χ0n) is 15.4. The molecule has 0 amide bonds. The third kappa shape index (κ3) is 2.37. The molecule has 8 heteroatoms. The number of para-hydroxylation sites is 1. The van der Waals surface area contributed by atoms with Crippen molar-refractivity contribution in [1.29, 1.82) is 0 Å². The smallest absolute Gasteiger partial charge is 0.228 e. The van der Waals surface area contributed by atoms with E-state index < -0.39 is 0 Å². The van der Waals surface area contributed by atoms with Gasteiger partial charge in [-0.15, -0.1) is 5.10 Å². The molecule has 1 aliphatic heterocycles. The fraction of sp³-hybridized carbons (Fsp3) is 0.0455. The van der Waals surface area contributed by atoms with Crippen LogP contribution in [0.1, 0.15) is 22.8 Å². The van der Waals surface area contributed by atoms with E-state index in [1.165, 1.54) is 6.33 Å². The lowest BCUT2D eigenvalue weighted by atomic mass is 9.87. The Balaban J connectivity index is 1.63. The van der Waals surface area contributed by atoms with Crippen LogP contribution in [0.4, 0.5) is 0 Å². The average Bonchev–Trinajstić information content (AvgIpc) is 3.42. The summed E-state index contributed by atoms with van der Waals surface area (Å²) >= 11 is 0. The van der Waals surface area contributed by atoms with Gasteiger partial charge in [0.1, 0.15) is 29.3 Å². The largest absolute Gasteiger partial charge is 0.508 e. The fourth-order valence-electron chi connectivity index (χ4n) is 3.83. The molecule has 0 aliphatic carbocycles. The van der Waals surface area contributed by atoms with Gasteiger partial charge in [-0.05, 0) is 30.3 Å². The van der Waals surface area contributed by atoms with Crippen LogP contribution >= 0.6 is 0 Å². The van der Waals surface area contributed by atoms with E-state index in [4.69, 9.17) is 9.15 Å². The van der Waals surface area contributed by atoms with Crippen molar-refractivity contribution in [2.45, 2.75) is 5.92 Å². The normalized spacial score (nSPS) is 14.9. The molecule has 2 aromatic carbocycles. The first-order valence-corrected chi connectivity index (χ1v) is 9.27. The van der Waals surface area contributed by atoms with Crippen LogP contribution < -0.4 is 4.74 Å². The van der Waals surface area contributed by atoms with Crippen molar-refractivity contribution in [1.82, 2.24) is 19.6 Å². The van der Waals surface area contributed by atoms with Gasteiger partial charge >= 0.3 is 0 Å². The van der Waals surface area contributed by atoms with Crippen LogP contribution in [0.5, 0.6) is 23.1 Å². The first-order valence-electron chi connectivity index (χ1n) is 9.27. The van der Waals surface area contributed by atoms with Crippen molar-refractivity contribution < 1.29 is 19.4 Å². The number of hydrogen-bond donors (Lipinski definition) is 2. The van der Waals surface area contributed by atoms with Crippen LogP contribution in [0.3, 0.4) is 0 Å². The molecule has 0 fully saturated rings. The van der Waals surface area contributed by atoms with Gasteiger partial charge in [-0.1, -0.05) is 18.2 Å². The molecule has 2 N–H and O–H groups in total. The van der Waals surface area contributed by atoms with E-state index in [0.29, 0.717) is 40.0 Å². The highest BCUT2D eigenvalue weighted by Gasteiger charge is 2.35. The maximum atomic E-state index is 10.2. The third-order valence-corrected chi connectivity index (χ3v) is 5.16. The Kier molecular flexibility index (Phi) is 3.37. The second kappa shape index (κ2) is 6.08. The molecule has 0 unspecified atom stereocenters. The Hall–Kier alpha value is -4.33. The van der Waals surface area contributed by atoms with Gasteiger partial charge in [0.2, 0.25) is 5.88 Å². The zero-order valence-corrected chi connectivity index (χ0v) is 15.4. The number of fused-ring (bicyclic) bond motifs is 4. The summed E-state index contributed by atoms with van der Waals surface area (Å²) in [7, 11) is 0. The van der Waals surface area contributed by atoms with E-state index in [0.717, 1.165) is 5.56 Å². The van der Waals surface area contributed by atoms with Crippen LogP contribution in [0.2, 0.25) is 0 Å². The topological polar surface area (TPSA) is 106 Å².